The minimum atomic E-state index is -0.191. The van der Waals surface area contributed by atoms with Gasteiger partial charge in [-0.05, 0) is 43.4 Å². The quantitative estimate of drug-likeness (QED) is 0.692. The lowest BCUT2D eigenvalue weighted by atomic mass is 9.95. The highest BCUT2D eigenvalue weighted by Crippen LogP contribution is 2.39. The normalized spacial score (nSPS) is 16.5. The second kappa shape index (κ2) is 8.20. The number of carbonyl (C=O) groups excluding carboxylic acids is 2. The van der Waals surface area contributed by atoms with Crippen molar-refractivity contribution in [1.82, 2.24) is 10.1 Å². The monoisotopic (exact) mass is 425 g/mol. The van der Waals surface area contributed by atoms with Gasteiger partial charge in [0.1, 0.15) is 10.7 Å². The van der Waals surface area contributed by atoms with Gasteiger partial charge in [-0.15, -0.1) is 11.3 Å². The first-order valence-electron chi connectivity index (χ1n) is 10.4. The molecular formula is C22H23N3O4S. The minimum Gasteiger partial charge on any atom is -0.378 e. The van der Waals surface area contributed by atoms with E-state index in [9.17, 15) is 9.59 Å². The Morgan fingerprint density at radius 3 is 2.80 bits per heavy atom. The molecule has 0 unspecified atom stereocenters. The van der Waals surface area contributed by atoms with Crippen LogP contribution in [-0.4, -0.2) is 48.2 Å². The Bertz CT molecular complexity index is 1100. The highest BCUT2D eigenvalue weighted by molar-refractivity contribution is 7.17. The summed E-state index contributed by atoms with van der Waals surface area (Å²) in [5.41, 5.74) is 3.06. The van der Waals surface area contributed by atoms with Gasteiger partial charge < -0.3 is 19.5 Å². The molecular weight excluding hydrogens is 402 g/mol. The lowest BCUT2D eigenvalue weighted by Crippen LogP contribution is -2.41. The number of morpholine rings is 1. The molecule has 1 aliphatic carbocycles. The van der Waals surface area contributed by atoms with E-state index in [1.54, 1.807) is 11.3 Å². The smallest absolute Gasteiger partial charge is 0.257 e. The molecule has 30 heavy (non-hydrogen) atoms. The van der Waals surface area contributed by atoms with Gasteiger partial charge in [-0.3, -0.25) is 9.59 Å². The number of benzene rings is 1. The third-order valence-electron chi connectivity index (χ3n) is 5.72. The molecule has 0 atom stereocenters. The number of nitrogens with one attached hydrogen (secondary N) is 1. The molecule has 8 heteroatoms. The van der Waals surface area contributed by atoms with Crippen molar-refractivity contribution in [2.24, 2.45) is 0 Å². The zero-order chi connectivity index (χ0) is 20.5. The predicted molar refractivity (Wildman–Crippen MR) is 114 cm³/mol. The third kappa shape index (κ3) is 3.61. The topological polar surface area (TPSA) is 84.7 Å². The van der Waals surface area contributed by atoms with Crippen LogP contribution in [0.1, 0.15) is 39.3 Å². The first kappa shape index (κ1) is 19.3. The van der Waals surface area contributed by atoms with E-state index in [1.165, 1.54) is 4.88 Å². The Balaban J connectivity index is 1.41. The van der Waals surface area contributed by atoms with Crippen molar-refractivity contribution in [1.29, 1.82) is 0 Å². The number of hydrogen-bond acceptors (Lipinski definition) is 6. The number of anilines is 1. The molecule has 7 nitrogen and oxygen atoms in total. The number of fused-ring (bicyclic) bond motifs is 2. The van der Waals surface area contributed by atoms with E-state index in [1.807, 2.05) is 29.2 Å². The Morgan fingerprint density at radius 1 is 1.13 bits per heavy atom. The van der Waals surface area contributed by atoms with Crippen molar-refractivity contribution in [2.45, 2.75) is 32.1 Å². The van der Waals surface area contributed by atoms with Gasteiger partial charge in [0, 0.05) is 23.4 Å². The highest BCUT2D eigenvalue weighted by atomic mass is 32.1. The maximum absolute atomic E-state index is 13.3. The van der Waals surface area contributed by atoms with E-state index in [0.29, 0.717) is 48.1 Å². The summed E-state index contributed by atoms with van der Waals surface area (Å²) in [7, 11) is 0. The number of ether oxygens (including phenoxy) is 1. The summed E-state index contributed by atoms with van der Waals surface area (Å²) in [6.07, 6.45) is 4.15. The first-order chi connectivity index (χ1) is 14.7. The highest BCUT2D eigenvalue weighted by Gasteiger charge is 2.30. The predicted octanol–water partition coefficient (Wildman–Crippen LogP) is 3.42. The average Bonchev–Trinajstić information content (AvgIpc) is 3.35. The van der Waals surface area contributed by atoms with Crippen LogP contribution in [0.2, 0.25) is 0 Å². The van der Waals surface area contributed by atoms with Gasteiger partial charge in [0.15, 0.2) is 5.58 Å². The van der Waals surface area contributed by atoms with Crippen molar-refractivity contribution < 1.29 is 18.8 Å². The third-order valence-corrected chi connectivity index (χ3v) is 6.92. The van der Waals surface area contributed by atoms with Crippen LogP contribution < -0.4 is 5.32 Å². The van der Waals surface area contributed by atoms with E-state index >= 15 is 0 Å². The molecule has 2 amide bonds. The molecule has 1 aromatic carbocycles. The second-order valence-corrected chi connectivity index (χ2v) is 8.78. The fourth-order valence-corrected chi connectivity index (χ4v) is 5.49. The summed E-state index contributed by atoms with van der Waals surface area (Å²) < 4.78 is 10.7. The van der Waals surface area contributed by atoms with Gasteiger partial charge in [0.25, 0.3) is 5.91 Å². The van der Waals surface area contributed by atoms with Gasteiger partial charge in [-0.25, -0.2) is 0 Å². The number of carbonyl (C=O) groups is 2. The van der Waals surface area contributed by atoms with E-state index in [2.05, 4.69) is 10.5 Å². The molecule has 2 aliphatic rings. The number of aromatic nitrogens is 1. The van der Waals surface area contributed by atoms with Crippen molar-refractivity contribution in [3.63, 3.8) is 0 Å². The molecule has 1 N–H and O–H groups in total. The number of para-hydroxylation sites is 1. The van der Waals surface area contributed by atoms with E-state index in [0.717, 1.165) is 36.6 Å². The lowest BCUT2D eigenvalue weighted by molar-refractivity contribution is -0.115. The zero-order valence-corrected chi connectivity index (χ0v) is 17.4. The van der Waals surface area contributed by atoms with Crippen LogP contribution in [0.5, 0.6) is 0 Å². The summed E-state index contributed by atoms with van der Waals surface area (Å²) in [4.78, 5) is 29.2. The Hall–Kier alpha value is -2.71. The Kier molecular flexibility index (Phi) is 5.26. The number of nitrogens with zero attached hydrogens (tertiary/aromatic N) is 2. The SMILES string of the molecule is O=C(Cc1noc2ccccc12)Nc1sc2c(c1C(=O)N1CCOCC1)CCCC2. The molecule has 1 aliphatic heterocycles. The zero-order valence-electron chi connectivity index (χ0n) is 16.6. The largest absolute Gasteiger partial charge is 0.378 e. The van der Waals surface area contributed by atoms with Crippen LogP contribution in [0.3, 0.4) is 0 Å². The van der Waals surface area contributed by atoms with Crippen LogP contribution >= 0.6 is 11.3 Å². The van der Waals surface area contributed by atoms with Crippen molar-refractivity contribution in [3.8, 4) is 0 Å². The number of amides is 2. The molecule has 0 saturated carbocycles. The fourth-order valence-electron chi connectivity index (χ4n) is 4.19. The van der Waals surface area contributed by atoms with Gasteiger partial charge in [0.2, 0.25) is 5.91 Å². The molecule has 2 aromatic heterocycles. The van der Waals surface area contributed by atoms with Crippen LogP contribution in [0.4, 0.5) is 5.00 Å². The van der Waals surface area contributed by atoms with Gasteiger partial charge in [0.05, 0.1) is 25.2 Å². The first-order valence-corrected chi connectivity index (χ1v) is 11.2. The molecule has 3 aromatic rings. The Morgan fingerprint density at radius 2 is 1.93 bits per heavy atom. The summed E-state index contributed by atoms with van der Waals surface area (Å²) in [6.45, 7) is 2.28. The molecule has 0 spiro atoms. The second-order valence-electron chi connectivity index (χ2n) is 7.67. The lowest BCUT2D eigenvalue weighted by Gasteiger charge is -2.27. The summed E-state index contributed by atoms with van der Waals surface area (Å²) in [5.74, 6) is -0.191. The van der Waals surface area contributed by atoms with Crippen molar-refractivity contribution in [2.75, 3.05) is 31.6 Å². The molecule has 1 saturated heterocycles. The Labute approximate surface area is 178 Å². The minimum absolute atomic E-state index is 0.000106. The van der Waals surface area contributed by atoms with Gasteiger partial charge in [-0.2, -0.15) is 0 Å². The summed E-state index contributed by atoms with van der Waals surface area (Å²) in [5, 5.41) is 8.56. The van der Waals surface area contributed by atoms with Gasteiger partial charge >= 0.3 is 0 Å². The van der Waals surface area contributed by atoms with Crippen LogP contribution in [0.25, 0.3) is 11.0 Å². The van der Waals surface area contributed by atoms with Crippen LogP contribution in [-0.2, 0) is 28.8 Å². The van der Waals surface area contributed by atoms with Crippen molar-refractivity contribution in [3.05, 3.63) is 46.0 Å². The summed E-state index contributed by atoms with van der Waals surface area (Å²) in [6, 6.07) is 7.49. The number of hydrogen-bond donors (Lipinski definition) is 1. The number of thiophene rings is 1. The summed E-state index contributed by atoms with van der Waals surface area (Å²) >= 11 is 1.54. The van der Waals surface area contributed by atoms with E-state index in [4.69, 9.17) is 9.26 Å². The molecule has 156 valence electrons. The van der Waals surface area contributed by atoms with Crippen LogP contribution in [0.15, 0.2) is 28.8 Å². The standard InChI is InChI=1S/C22H23N3O4S/c26-19(13-16-14-5-1-3-7-17(14)29-24-16)23-21-20(15-6-2-4-8-18(15)30-21)22(27)25-9-11-28-12-10-25/h1,3,5,7H,2,4,6,8-13H2,(H,23,26). The maximum atomic E-state index is 13.3. The molecule has 3 heterocycles. The molecule has 0 bridgehead atoms. The number of rotatable bonds is 4. The molecule has 0 radical (unpaired) electrons. The van der Waals surface area contributed by atoms with Crippen molar-refractivity contribution >= 4 is 39.1 Å². The average molecular weight is 426 g/mol. The fraction of sp³-hybridized carbons (Fsp3) is 0.409. The molecule has 1 fully saturated rings. The van der Waals surface area contributed by atoms with E-state index < -0.39 is 0 Å². The molecule has 5 rings (SSSR count). The van der Waals surface area contributed by atoms with E-state index in [-0.39, 0.29) is 18.2 Å². The number of aryl methyl sites for hydroxylation is 1. The van der Waals surface area contributed by atoms with Gasteiger partial charge in [-0.1, -0.05) is 17.3 Å². The van der Waals surface area contributed by atoms with Crippen LogP contribution in [0, 0.1) is 0 Å². The maximum Gasteiger partial charge on any atom is 0.257 e.